The molecule has 1 rings (SSSR count). The Kier molecular flexibility index (Phi) is 2.32. The van der Waals surface area contributed by atoms with Gasteiger partial charge in [0.1, 0.15) is 0 Å². The highest BCUT2D eigenvalue weighted by Crippen LogP contribution is 1.93. The van der Waals surface area contributed by atoms with Crippen LogP contribution in [0.25, 0.3) is 0 Å². The van der Waals surface area contributed by atoms with Crippen LogP contribution in [0.3, 0.4) is 0 Å². The Balaban J connectivity index is 3.05. The zero-order valence-corrected chi connectivity index (χ0v) is 6.40. The quantitative estimate of drug-likeness (QED) is 0.531. The SMILES string of the molecule is O=S1(=O)\N=C/C=C\C=C/C=N\1. The van der Waals surface area contributed by atoms with E-state index in [1.807, 2.05) is 0 Å². The minimum atomic E-state index is -3.63. The molecular formula is C6H6N2O2S. The van der Waals surface area contributed by atoms with Crippen LogP contribution in [0, 0.1) is 0 Å². The van der Waals surface area contributed by atoms with Gasteiger partial charge in [0.15, 0.2) is 0 Å². The van der Waals surface area contributed by atoms with E-state index >= 15 is 0 Å². The van der Waals surface area contributed by atoms with E-state index in [2.05, 4.69) is 8.80 Å². The zero-order valence-electron chi connectivity index (χ0n) is 5.58. The van der Waals surface area contributed by atoms with Crippen LogP contribution in [0.4, 0.5) is 0 Å². The van der Waals surface area contributed by atoms with Crippen LogP contribution in [-0.4, -0.2) is 20.8 Å². The molecule has 0 bridgehead atoms. The van der Waals surface area contributed by atoms with Gasteiger partial charge in [-0.05, 0) is 12.2 Å². The number of hydrogen-bond donors (Lipinski definition) is 0. The molecule has 11 heavy (non-hydrogen) atoms. The fourth-order valence-corrected chi connectivity index (χ4v) is 0.982. The Morgan fingerprint density at radius 2 is 1.27 bits per heavy atom. The molecule has 0 radical (unpaired) electrons. The summed E-state index contributed by atoms with van der Waals surface area (Å²) in [6, 6.07) is 0. The summed E-state index contributed by atoms with van der Waals surface area (Å²) < 4.78 is 27.8. The van der Waals surface area contributed by atoms with Crippen molar-refractivity contribution in [3.63, 3.8) is 0 Å². The van der Waals surface area contributed by atoms with Gasteiger partial charge in [-0.1, -0.05) is 12.2 Å². The molecule has 0 N–H and O–H groups in total. The van der Waals surface area contributed by atoms with Crippen LogP contribution in [0.5, 0.6) is 0 Å². The first kappa shape index (κ1) is 7.87. The van der Waals surface area contributed by atoms with Gasteiger partial charge in [0.05, 0.1) is 0 Å². The Bertz CT molecular complexity index is 308. The molecule has 0 aromatic rings. The van der Waals surface area contributed by atoms with Crippen molar-refractivity contribution in [2.45, 2.75) is 0 Å². The van der Waals surface area contributed by atoms with Crippen molar-refractivity contribution in [3.8, 4) is 0 Å². The van der Waals surface area contributed by atoms with Crippen molar-refractivity contribution in [1.29, 1.82) is 0 Å². The van der Waals surface area contributed by atoms with E-state index in [4.69, 9.17) is 0 Å². The minimum absolute atomic E-state index is 1.18. The highest BCUT2D eigenvalue weighted by molar-refractivity contribution is 7.89. The second-order valence-corrected chi connectivity index (χ2v) is 3.04. The molecule has 0 aromatic heterocycles. The van der Waals surface area contributed by atoms with E-state index in [0.717, 1.165) is 0 Å². The van der Waals surface area contributed by atoms with Crippen LogP contribution < -0.4 is 0 Å². The lowest BCUT2D eigenvalue weighted by molar-refractivity contribution is 0.600. The monoisotopic (exact) mass is 170 g/mol. The fraction of sp³-hybridized carbons (Fsp3) is 0. The van der Waals surface area contributed by atoms with E-state index in [-0.39, 0.29) is 0 Å². The maximum atomic E-state index is 10.7. The van der Waals surface area contributed by atoms with E-state index in [9.17, 15) is 8.42 Å². The molecule has 58 valence electrons. The molecular weight excluding hydrogens is 164 g/mol. The molecule has 0 atom stereocenters. The lowest BCUT2D eigenvalue weighted by Crippen LogP contribution is -1.89. The van der Waals surface area contributed by atoms with Crippen LogP contribution in [0.15, 0.2) is 33.1 Å². The van der Waals surface area contributed by atoms with Crippen LogP contribution in [-0.2, 0) is 10.2 Å². The predicted molar refractivity (Wildman–Crippen MR) is 44.2 cm³/mol. The standard InChI is InChI=1S/C6H6N2O2S/c9-11(10)7-5-3-1-2-4-6-8-11/h1-6H/b3-1-,4-2-,7-5-,8-6-. The number of nitrogens with zero attached hydrogens (tertiary/aromatic N) is 2. The van der Waals surface area contributed by atoms with Gasteiger partial charge in [-0.2, -0.15) is 17.2 Å². The van der Waals surface area contributed by atoms with E-state index in [0.29, 0.717) is 0 Å². The predicted octanol–water partition coefficient (Wildman–Crippen LogP) is 0.499. The topological polar surface area (TPSA) is 58.9 Å². The van der Waals surface area contributed by atoms with Crippen LogP contribution in [0.1, 0.15) is 0 Å². The third kappa shape index (κ3) is 2.90. The Morgan fingerprint density at radius 1 is 0.818 bits per heavy atom. The van der Waals surface area contributed by atoms with Crippen molar-refractivity contribution in [2.24, 2.45) is 8.80 Å². The van der Waals surface area contributed by atoms with Crippen molar-refractivity contribution in [1.82, 2.24) is 0 Å². The number of allylic oxidation sites excluding steroid dienone is 4. The van der Waals surface area contributed by atoms with Crippen molar-refractivity contribution < 1.29 is 8.42 Å². The lowest BCUT2D eigenvalue weighted by atomic mass is 10.4. The highest BCUT2D eigenvalue weighted by Gasteiger charge is 1.98. The Morgan fingerprint density at radius 3 is 1.73 bits per heavy atom. The van der Waals surface area contributed by atoms with Gasteiger partial charge in [-0.25, -0.2) is 0 Å². The minimum Gasteiger partial charge on any atom is -0.179 e. The van der Waals surface area contributed by atoms with Crippen LogP contribution in [0.2, 0.25) is 0 Å². The third-order valence-corrected chi connectivity index (χ3v) is 1.67. The summed E-state index contributed by atoms with van der Waals surface area (Å²) in [7, 11) is -3.63. The third-order valence-electron chi connectivity index (χ3n) is 0.894. The molecule has 0 saturated heterocycles. The molecule has 0 saturated carbocycles. The first-order valence-corrected chi connectivity index (χ1v) is 4.28. The largest absolute Gasteiger partial charge is 0.362 e. The van der Waals surface area contributed by atoms with Gasteiger partial charge in [0.2, 0.25) is 0 Å². The Labute approximate surface area is 64.9 Å². The summed E-state index contributed by atoms with van der Waals surface area (Å²) >= 11 is 0. The van der Waals surface area contributed by atoms with Gasteiger partial charge in [0.25, 0.3) is 0 Å². The normalized spacial score (nSPS) is 32.4. The fourth-order valence-electron chi connectivity index (χ4n) is 0.479. The summed E-state index contributed by atoms with van der Waals surface area (Å²) in [6.07, 6.45) is 8.73. The molecule has 0 aliphatic carbocycles. The lowest BCUT2D eigenvalue weighted by Gasteiger charge is -1.82. The van der Waals surface area contributed by atoms with E-state index in [1.165, 1.54) is 24.6 Å². The average molecular weight is 170 g/mol. The maximum Gasteiger partial charge on any atom is 0.362 e. The molecule has 0 fully saturated rings. The van der Waals surface area contributed by atoms with Gasteiger partial charge in [-0.15, -0.1) is 0 Å². The second-order valence-electron chi connectivity index (χ2n) is 1.73. The molecule has 0 spiro atoms. The van der Waals surface area contributed by atoms with Gasteiger partial charge in [-0.3, -0.25) is 0 Å². The number of hydrogen-bond acceptors (Lipinski definition) is 2. The molecule has 0 amide bonds. The molecule has 0 unspecified atom stereocenters. The van der Waals surface area contributed by atoms with Gasteiger partial charge >= 0.3 is 10.2 Å². The summed E-state index contributed by atoms with van der Waals surface area (Å²) in [5.41, 5.74) is 0. The van der Waals surface area contributed by atoms with Crippen LogP contribution >= 0.6 is 0 Å². The summed E-state index contributed by atoms with van der Waals surface area (Å²) in [6.45, 7) is 0. The summed E-state index contributed by atoms with van der Waals surface area (Å²) in [5.74, 6) is 0. The molecule has 0 aromatic carbocycles. The van der Waals surface area contributed by atoms with E-state index < -0.39 is 10.2 Å². The average Bonchev–Trinajstić information content (AvgIpc) is 2.00. The van der Waals surface area contributed by atoms with E-state index in [1.54, 1.807) is 12.2 Å². The molecule has 1 heterocycles. The molecule has 1 aliphatic rings. The first-order chi connectivity index (χ1) is 5.21. The summed E-state index contributed by atoms with van der Waals surface area (Å²) in [5, 5.41) is 0. The smallest absolute Gasteiger partial charge is 0.179 e. The first-order valence-electron chi connectivity index (χ1n) is 2.88. The van der Waals surface area contributed by atoms with Gasteiger partial charge < -0.3 is 0 Å². The number of rotatable bonds is 0. The zero-order chi connectivity index (χ0) is 8.16. The van der Waals surface area contributed by atoms with Crippen molar-refractivity contribution in [2.75, 3.05) is 0 Å². The second kappa shape index (κ2) is 3.25. The maximum absolute atomic E-state index is 10.7. The van der Waals surface area contributed by atoms with Crippen molar-refractivity contribution >= 4 is 22.6 Å². The summed E-state index contributed by atoms with van der Waals surface area (Å²) in [4.78, 5) is 0. The Hall–Kier alpha value is -1.23. The molecule has 4 nitrogen and oxygen atoms in total. The highest BCUT2D eigenvalue weighted by atomic mass is 32.2. The van der Waals surface area contributed by atoms with Gasteiger partial charge in [0, 0.05) is 12.4 Å². The molecule has 5 heteroatoms. The van der Waals surface area contributed by atoms with Crippen molar-refractivity contribution in [3.05, 3.63) is 24.3 Å². The molecule has 1 aliphatic heterocycles.